The fourth-order valence-electron chi connectivity index (χ4n) is 2.30. The van der Waals surface area contributed by atoms with Crippen LogP contribution in [0.5, 0.6) is 0 Å². The van der Waals surface area contributed by atoms with E-state index < -0.39 is 0 Å². The number of rotatable bonds is 6. The Labute approximate surface area is 130 Å². The third-order valence-electron chi connectivity index (χ3n) is 3.40. The number of hydrogen-bond donors (Lipinski definition) is 1. The molecule has 1 N–H and O–H groups in total. The Balaban J connectivity index is 2.53. The van der Waals surface area contributed by atoms with Crippen molar-refractivity contribution >= 4 is 21.8 Å². The van der Waals surface area contributed by atoms with Gasteiger partial charge in [0.05, 0.1) is 0 Å². The van der Waals surface area contributed by atoms with Gasteiger partial charge in [-0.3, -0.25) is 9.69 Å². The van der Waals surface area contributed by atoms with Gasteiger partial charge in [0.1, 0.15) is 0 Å². The molecule has 0 atom stereocenters. The maximum atomic E-state index is 12.1. The molecule has 0 saturated heterocycles. The molecule has 0 aliphatic carbocycles. The summed E-state index contributed by atoms with van der Waals surface area (Å²) in [5, 5.41) is 2.99. The lowest BCUT2D eigenvalue weighted by molar-refractivity contribution is 0.0939. The molecule has 0 radical (unpaired) electrons. The Bertz CT molecular complexity index is 450. The highest BCUT2D eigenvalue weighted by Gasteiger charge is 2.13. The average molecular weight is 341 g/mol. The summed E-state index contributed by atoms with van der Waals surface area (Å²) in [6, 6.07) is 6.64. The Morgan fingerprint density at radius 2 is 1.85 bits per heavy atom. The number of amides is 1. The van der Waals surface area contributed by atoms with Gasteiger partial charge in [-0.15, -0.1) is 0 Å². The van der Waals surface area contributed by atoms with E-state index in [-0.39, 0.29) is 5.91 Å². The minimum absolute atomic E-state index is 0.00642. The van der Waals surface area contributed by atoms with Gasteiger partial charge in [-0.05, 0) is 58.4 Å². The number of aryl methyl sites for hydroxylation is 1. The van der Waals surface area contributed by atoms with Crippen molar-refractivity contribution in [3.8, 4) is 0 Å². The van der Waals surface area contributed by atoms with Crippen LogP contribution in [0.15, 0.2) is 22.7 Å². The van der Waals surface area contributed by atoms with Crippen molar-refractivity contribution in [2.24, 2.45) is 0 Å². The van der Waals surface area contributed by atoms with Crippen LogP contribution in [0.1, 0.15) is 43.6 Å². The molecule has 0 aliphatic heterocycles. The van der Waals surface area contributed by atoms with E-state index in [9.17, 15) is 4.79 Å². The van der Waals surface area contributed by atoms with Crippen LogP contribution >= 0.6 is 15.9 Å². The van der Waals surface area contributed by atoms with E-state index in [0.29, 0.717) is 24.2 Å². The lowest BCUT2D eigenvalue weighted by Gasteiger charge is -2.30. The van der Waals surface area contributed by atoms with Crippen molar-refractivity contribution in [1.82, 2.24) is 10.2 Å². The zero-order valence-corrected chi connectivity index (χ0v) is 14.6. The van der Waals surface area contributed by atoms with E-state index in [1.807, 2.05) is 25.1 Å². The summed E-state index contributed by atoms with van der Waals surface area (Å²) in [5.41, 5.74) is 1.79. The fraction of sp³-hybridized carbons (Fsp3) is 0.562. The minimum atomic E-state index is -0.00642. The van der Waals surface area contributed by atoms with E-state index in [1.165, 1.54) is 0 Å². The quantitative estimate of drug-likeness (QED) is 0.857. The molecule has 112 valence electrons. The van der Waals surface area contributed by atoms with Crippen molar-refractivity contribution in [1.29, 1.82) is 0 Å². The van der Waals surface area contributed by atoms with Crippen LogP contribution in [-0.2, 0) is 0 Å². The standard InChI is InChI=1S/C16H25BrN2O/c1-11(2)19(12(3)4)9-8-18-16(20)14-6-7-15(17)13(5)10-14/h6-7,10-12H,8-9H2,1-5H3,(H,18,20). The van der Waals surface area contributed by atoms with E-state index >= 15 is 0 Å². The molecule has 0 fully saturated rings. The zero-order chi connectivity index (χ0) is 15.3. The molecule has 0 unspecified atom stereocenters. The fourth-order valence-corrected chi connectivity index (χ4v) is 2.55. The van der Waals surface area contributed by atoms with E-state index in [4.69, 9.17) is 0 Å². The lowest BCUT2D eigenvalue weighted by atomic mass is 10.1. The molecule has 1 rings (SSSR count). The Morgan fingerprint density at radius 1 is 1.25 bits per heavy atom. The third-order valence-corrected chi connectivity index (χ3v) is 4.29. The number of halogens is 1. The zero-order valence-electron chi connectivity index (χ0n) is 13.0. The molecule has 0 spiro atoms. The normalized spacial score (nSPS) is 11.4. The molecule has 0 aromatic heterocycles. The summed E-state index contributed by atoms with van der Waals surface area (Å²) >= 11 is 3.44. The largest absolute Gasteiger partial charge is 0.351 e. The molecule has 1 amide bonds. The summed E-state index contributed by atoms with van der Waals surface area (Å²) < 4.78 is 1.03. The highest BCUT2D eigenvalue weighted by atomic mass is 79.9. The number of benzene rings is 1. The second kappa shape index (κ2) is 7.79. The van der Waals surface area contributed by atoms with Crippen molar-refractivity contribution < 1.29 is 4.79 Å². The molecule has 0 saturated carbocycles. The molecular weight excluding hydrogens is 316 g/mol. The van der Waals surface area contributed by atoms with Crippen LogP contribution in [0.3, 0.4) is 0 Å². The molecule has 20 heavy (non-hydrogen) atoms. The molecule has 0 heterocycles. The minimum Gasteiger partial charge on any atom is -0.351 e. The highest BCUT2D eigenvalue weighted by Crippen LogP contribution is 2.16. The van der Waals surface area contributed by atoms with Crippen molar-refractivity contribution in [2.75, 3.05) is 13.1 Å². The van der Waals surface area contributed by atoms with Crippen LogP contribution < -0.4 is 5.32 Å². The molecule has 1 aromatic rings. The topological polar surface area (TPSA) is 32.3 Å². The van der Waals surface area contributed by atoms with Gasteiger partial charge in [-0.2, -0.15) is 0 Å². The van der Waals surface area contributed by atoms with Crippen molar-refractivity contribution in [2.45, 2.75) is 46.7 Å². The van der Waals surface area contributed by atoms with Gasteiger partial charge in [0.15, 0.2) is 0 Å². The van der Waals surface area contributed by atoms with Crippen LogP contribution in [0.25, 0.3) is 0 Å². The average Bonchev–Trinajstić information content (AvgIpc) is 2.36. The number of nitrogens with zero attached hydrogens (tertiary/aromatic N) is 1. The first kappa shape index (κ1) is 17.2. The second-order valence-corrected chi connectivity index (χ2v) is 6.50. The summed E-state index contributed by atoms with van der Waals surface area (Å²) in [5.74, 6) is -0.00642. The first-order valence-electron chi connectivity index (χ1n) is 7.13. The third kappa shape index (κ3) is 4.91. The molecule has 0 bridgehead atoms. The van der Waals surface area contributed by atoms with Gasteiger partial charge in [0.2, 0.25) is 0 Å². The van der Waals surface area contributed by atoms with Crippen LogP contribution in [0.4, 0.5) is 0 Å². The second-order valence-electron chi connectivity index (χ2n) is 5.65. The Hall–Kier alpha value is -0.870. The van der Waals surface area contributed by atoms with Gasteiger partial charge in [-0.1, -0.05) is 15.9 Å². The van der Waals surface area contributed by atoms with Gasteiger partial charge in [-0.25, -0.2) is 0 Å². The van der Waals surface area contributed by atoms with Gasteiger partial charge in [0.25, 0.3) is 5.91 Å². The first-order valence-corrected chi connectivity index (χ1v) is 7.92. The van der Waals surface area contributed by atoms with Gasteiger partial charge >= 0.3 is 0 Å². The number of carbonyl (C=O) groups is 1. The lowest BCUT2D eigenvalue weighted by Crippen LogP contribution is -2.42. The maximum absolute atomic E-state index is 12.1. The highest BCUT2D eigenvalue weighted by molar-refractivity contribution is 9.10. The molecule has 0 aliphatic rings. The predicted molar refractivity (Wildman–Crippen MR) is 88.2 cm³/mol. The molecule has 3 nitrogen and oxygen atoms in total. The monoisotopic (exact) mass is 340 g/mol. The molecule has 1 aromatic carbocycles. The Morgan fingerprint density at radius 3 is 2.35 bits per heavy atom. The van der Waals surface area contributed by atoms with Gasteiger partial charge in [0, 0.05) is 35.2 Å². The Kier molecular flexibility index (Phi) is 6.69. The van der Waals surface area contributed by atoms with Crippen LogP contribution in [0.2, 0.25) is 0 Å². The van der Waals surface area contributed by atoms with Crippen molar-refractivity contribution in [3.63, 3.8) is 0 Å². The van der Waals surface area contributed by atoms with Gasteiger partial charge < -0.3 is 5.32 Å². The first-order chi connectivity index (χ1) is 9.32. The van der Waals surface area contributed by atoms with Crippen molar-refractivity contribution in [3.05, 3.63) is 33.8 Å². The van der Waals surface area contributed by atoms with Crippen LogP contribution in [-0.4, -0.2) is 36.0 Å². The molecule has 4 heteroatoms. The smallest absolute Gasteiger partial charge is 0.251 e. The van der Waals surface area contributed by atoms with Crippen LogP contribution in [0, 0.1) is 6.92 Å². The van der Waals surface area contributed by atoms with E-state index in [2.05, 4.69) is 53.8 Å². The summed E-state index contributed by atoms with van der Waals surface area (Å²) in [7, 11) is 0. The summed E-state index contributed by atoms with van der Waals surface area (Å²) in [6.45, 7) is 12.3. The molecular formula is C16H25BrN2O. The summed E-state index contributed by atoms with van der Waals surface area (Å²) in [4.78, 5) is 14.5. The predicted octanol–water partition coefficient (Wildman–Crippen LogP) is 3.61. The van der Waals surface area contributed by atoms with E-state index in [1.54, 1.807) is 0 Å². The number of hydrogen-bond acceptors (Lipinski definition) is 2. The SMILES string of the molecule is Cc1cc(C(=O)NCCN(C(C)C)C(C)C)ccc1Br. The maximum Gasteiger partial charge on any atom is 0.251 e. The number of nitrogens with one attached hydrogen (secondary N) is 1. The number of carbonyl (C=O) groups excluding carboxylic acids is 1. The summed E-state index contributed by atoms with van der Waals surface area (Å²) in [6.07, 6.45) is 0. The van der Waals surface area contributed by atoms with E-state index in [0.717, 1.165) is 16.6 Å².